The Morgan fingerprint density at radius 1 is 1.14 bits per heavy atom. The van der Waals surface area contributed by atoms with E-state index in [0.29, 0.717) is 0 Å². The zero-order chi connectivity index (χ0) is 15.5. The highest BCUT2D eigenvalue weighted by Crippen LogP contribution is 2.16. The number of benzene rings is 2. The molecule has 0 fully saturated rings. The van der Waals surface area contributed by atoms with Gasteiger partial charge in [0.1, 0.15) is 5.82 Å². The van der Waals surface area contributed by atoms with Crippen molar-refractivity contribution in [1.82, 2.24) is 4.72 Å². The summed E-state index contributed by atoms with van der Waals surface area (Å²) in [6, 6.07) is 10.8. The van der Waals surface area contributed by atoms with Gasteiger partial charge in [-0.15, -0.1) is 0 Å². The molecule has 4 nitrogen and oxygen atoms in total. The lowest BCUT2D eigenvalue weighted by atomic mass is 10.2. The number of rotatable bonds is 5. The second kappa shape index (κ2) is 6.65. The molecule has 7 heteroatoms. The first kappa shape index (κ1) is 16.1. The van der Waals surface area contributed by atoms with Gasteiger partial charge in [-0.1, -0.05) is 28.1 Å². The van der Waals surface area contributed by atoms with Gasteiger partial charge in [-0.2, -0.15) is 0 Å². The van der Waals surface area contributed by atoms with Crippen molar-refractivity contribution in [1.29, 1.82) is 0 Å². The van der Waals surface area contributed by atoms with Crippen LogP contribution in [0.5, 0.6) is 0 Å². The van der Waals surface area contributed by atoms with Gasteiger partial charge in [0.25, 0.3) is 0 Å². The third-order valence-electron chi connectivity index (χ3n) is 2.93. The van der Waals surface area contributed by atoms with Crippen LogP contribution >= 0.6 is 15.9 Å². The van der Waals surface area contributed by atoms with E-state index in [4.69, 9.17) is 5.73 Å². The maximum absolute atomic E-state index is 13.3. The molecule has 0 unspecified atom stereocenters. The van der Waals surface area contributed by atoms with Crippen LogP contribution < -0.4 is 10.5 Å². The van der Waals surface area contributed by atoms with Crippen molar-refractivity contribution in [3.05, 3.63) is 63.9 Å². The fourth-order valence-electron chi connectivity index (χ4n) is 1.74. The molecule has 0 aromatic heterocycles. The average molecular weight is 373 g/mol. The molecule has 2 aromatic rings. The molecule has 0 amide bonds. The topological polar surface area (TPSA) is 72.2 Å². The summed E-state index contributed by atoms with van der Waals surface area (Å²) in [5, 5.41) is 0. The van der Waals surface area contributed by atoms with Crippen LogP contribution in [0.3, 0.4) is 0 Å². The highest BCUT2D eigenvalue weighted by molar-refractivity contribution is 9.10. The van der Waals surface area contributed by atoms with Gasteiger partial charge in [0.2, 0.25) is 10.0 Å². The molecule has 0 aliphatic rings. The van der Waals surface area contributed by atoms with Gasteiger partial charge in [0.05, 0.1) is 4.90 Å². The van der Waals surface area contributed by atoms with E-state index in [0.717, 1.165) is 16.1 Å². The van der Waals surface area contributed by atoms with Crippen molar-refractivity contribution in [2.75, 3.05) is 0 Å². The minimum atomic E-state index is -3.70. The highest BCUT2D eigenvalue weighted by atomic mass is 79.9. The van der Waals surface area contributed by atoms with Crippen molar-refractivity contribution >= 4 is 26.0 Å². The fraction of sp³-hybridized carbons (Fsp3) is 0.143. The van der Waals surface area contributed by atoms with Crippen LogP contribution in [-0.4, -0.2) is 8.42 Å². The summed E-state index contributed by atoms with van der Waals surface area (Å²) < 4.78 is 41.1. The Bertz CT molecular complexity index is 733. The number of sulfonamides is 1. The maximum atomic E-state index is 13.3. The van der Waals surface area contributed by atoms with Crippen molar-refractivity contribution in [3.8, 4) is 0 Å². The van der Waals surface area contributed by atoms with E-state index in [9.17, 15) is 12.8 Å². The van der Waals surface area contributed by atoms with Gasteiger partial charge in [0.15, 0.2) is 0 Å². The van der Waals surface area contributed by atoms with Crippen LogP contribution in [-0.2, 0) is 23.1 Å². The van der Waals surface area contributed by atoms with Crippen molar-refractivity contribution < 1.29 is 12.8 Å². The molecule has 0 radical (unpaired) electrons. The predicted molar refractivity (Wildman–Crippen MR) is 82.5 cm³/mol. The largest absolute Gasteiger partial charge is 0.326 e. The first-order chi connectivity index (χ1) is 9.92. The Morgan fingerprint density at radius 3 is 2.43 bits per heavy atom. The van der Waals surface area contributed by atoms with Crippen LogP contribution in [0.2, 0.25) is 0 Å². The van der Waals surface area contributed by atoms with Gasteiger partial charge < -0.3 is 5.73 Å². The molecule has 21 heavy (non-hydrogen) atoms. The van der Waals surface area contributed by atoms with Gasteiger partial charge in [-0.25, -0.2) is 17.5 Å². The quantitative estimate of drug-likeness (QED) is 0.846. The molecule has 2 aromatic carbocycles. The molecule has 0 spiro atoms. The summed E-state index contributed by atoms with van der Waals surface area (Å²) in [6.07, 6.45) is 0. The van der Waals surface area contributed by atoms with Crippen LogP contribution in [0.4, 0.5) is 4.39 Å². The second-order valence-electron chi connectivity index (χ2n) is 4.41. The lowest BCUT2D eigenvalue weighted by molar-refractivity contribution is 0.579. The molecule has 2 rings (SSSR count). The zero-order valence-electron chi connectivity index (χ0n) is 11.0. The van der Waals surface area contributed by atoms with Gasteiger partial charge in [-0.05, 0) is 35.9 Å². The second-order valence-corrected chi connectivity index (χ2v) is 7.09. The van der Waals surface area contributed by atoms with E-state index in [1.165, 1.54) is 12.1 Å². The molecule has 0 saturated heterocycles. The summed E-state index contributed by atoms with van der Waals surface area (Å²) in [4.78, 5) is 0.00135. The molecular formula is C14H14BrFN2O2S. The van der Waals surface area contributed by atoms with Gasteiger partial charge in [0, 0.05) is 23.1 Å². The molecule has 0 heterocycles. The molecule has 112 valence electrons. The molecule has 3 N–H and O–H groups in total. The minimum Gasteiger partial charge on any atom is -0.326 e. The first-order valence-electron chi connectivity index (χ1n) is 6.15. The Hall–Kier alpha value is -1.28. The van der Waals surface area contributed by atoms with E-state index in [-0.39, 0.29) is 23.5 Å². The summed E-state index contributed by atoms with van der Waals surface area (Å²) in [5.74, 6) is -0.510. The smallest absolute Gasteiger partial charge is 0.240 e. The minimum absolute atomic E-state index is 0.00135. The summed E-state index contributed by atoms with van der Waals surface area (Å²) in [6.45, 7) is 0.104. The molecule has 0 saturated carbocycles. The summed E-state index contributed by atoms with van der Waals surface area (Å²) >= 11 is 3.31. The van der Waals surface area contributed by atoms with E-state index in [1.807, 2.05) is 24.3 Å². The first-order valence-corrected chi connectivity index (χ1v) is 8.42. The monoisotopic (exact) mass is 372 g/mol. The van der Waals surface area contributed by atoms with Crippen LogP contribution in [0.25, 0.3) is 0 Å². The average Bonchev–Trinajstić information content (AvgIpc) is 2.47. The molecule has 0 bridgehead atoms. The SMILES string of the molecule is NCc1cc(S(=O)(=O)NCc2ccc(Br)cc2)ccc1F. The summed E-state index contributed by atoms with van der Waals surface area (Å²) in [7, 11) is -3.70. The Kier molecular flexibility index (Phi) is 5.10. The van der Waals surface area contributed by atoms with Crippen molar-refractivity contribution in [3.63, 3.8) is 0 Å². The van der Waals surface area contributed by atoms with E-state index in [2.05, 4.69) is 20.7 Å². The van der Waals surface area contributed by atoms with Crippen LogP contribution in [0, 0.1) is 5.82 Å². The molecule has 0 atom stereocenters. The fourth-order valence-corrected chi connectivity index (χ4v) is 3.07. The molecular weight excluding hydrogens is 359 g/mol. The predicted octanol–water partition coefficient (Wildman–Crippen LogP) is 2.53. The van der Waals surface area contributed by atoms with E-state index in [1.54, 1.807) is 0 Å². The van der Waals surface area contributed by atoms with E-state index >= 15 is 0 Å². The Balaban J connectivity index is 2.16. The maximum Gasteiger partial charge on any atom is 0.240 e. The zero-order valence-corrected chi connectivity index (χ0v) is 13.4. The van der Waals surface area contributed by atoms with Crippen LogP contribution in [0.1, 0.15) is 11.1 Å². The molecule has 0 aliphatic carbocycles. The third-order valence-corrected chi connectivity index (χ3v) is 4.85. The van der Waals surface area contributed by atoms with Crippen molar-refractivity contribution in [2.24, 2.45) is 5.73 Å². The lowest BCUT2D eigenvalue weighted by Crippen LogP contribution is -2.23. The van der Waals surface area contributed by atoms with E-state index < -0.39 is 15.8 Å². The third kappa shape index (κ3) is 4.10. The number of hydrogen-bond donors (Lipinski definition) is 2. The Labute approximate surface area is 131 Å². The van der Waals surface area contributed by atoms with Crippen LogP contribution in [0.15, 0.2) is 51.8 Å². The van der Waals surface area contributed by atoms with Gasteiger partial charge in [-0.3, -0.25) is 0 Å². The number of hydrogen-bond acceptors (Lipinski definition) is 3. The van der Waals surface area contributed by atoms with Crippen molar-refractivity contribution in [2.45, 2.75) is 18.0 Å². The number of halogens is 2. The standard InChI is InChI=1S/C14H14BrFN2O2S/c15-12-3-1-10(2-4-12)9-18-21(19,20)13-5-6-14(16)11(7-13)8-17/h1-7,18H,8-9,17H2. The number of nitrogens with two attached hydrogens (primary N) is 1. The normalized spacial score (nSPS) is 11.6. The lowest BCUT2D eigenvalue weighted by Gasteiger charge is -2.09. The summed E-state index contributed by atoms with van der Waals surface area (Å²) in [5.41, 5.74) is 6.37. The number of nitrogens with one attached hydrogen (secondary N) is 1. The highest BCUT2D eigenvalue weighted by Gasteiger charge is 2.15. The molecule has 0 aliphatic heterocycles. The van der Waals surface area contributed by atoms with Gasteiger partial charge >= 0.3 is 0 Å². The Morgan fingerprint density at radius 2 is 1.81 bits per heavy atom.